The minimum atomic E-state index is -1.12. The number of carbonyl (C=O) groups is 3. The summed E-state index contributed by atoms with van der Waals surface area (Å²) in [6, 6.07) is -0.564. The van der Waals surface area contributed by atoms with Crippen LogP contribution in [0.4, 0.5) is 10.5 Å². The number of hydrogen-bond donors (Lipinski definition) is 5. The molecule has 1 aromatic heterocycles. The molecule has 0 aromatic carbocycles. The molecule has 0 radical (unpaired) electrons. The lowest BCUT2D eigenvalue weighted by molar-refractivity contribution is -0.125. The van der Waals surface area contributed by atoms with Crippen LogP contribution in [0.15, 0.2) is 16.7 Å². The van der Waals surface area contributed by atoms with Crippen LogP contribution in [-0.2, 0) is 9.59 Å². The molecule has 24 heavy (non-hydrogen) atoms. The third kappa shape index (κ3) is 3.25. The monoisotopic (exact) mass is 349 g/mol. The second-order valence-electron chi connectivity index (χ2n) is 5.53. The maximum absolute atomic E-state index is 12.0. The van der Waals surface area contributed by atoms with Gasteiger partial charge in [-0.15, -0.1) is 0 Å². The third-order valence-electron chi connectivity index (χ3n) is 3.84. The van der Waals surface area contributed by atoms with Crippen LogP contribution in [0.3, 0.4) is 0 Å². The standard InChI is InChI=1S/C13H15N7O3S/c14-9(4-16-20-8-3-17-24-5-8)10(21)15-6-13(7-1-2-7)11(22)18-12(23)19-13/h3-5,7,14,20H,1-2,6H2,(H,15,21)(H2,18,19,22,23)/b14-9?,16-4-/t13-/m0/s1. The minimum Gasteiger partial charge on any atom is -0.348 e. The number of imide groups is 1. The number of hydrogen-bond acceptors (Lipinski definition) is 8. The van der Waals surface area contributed by atoms with Crippen LogP contribution in [0.5, 0.6) is 0 Å². The molecule has 2 heterocycles. The van der Waals surface area contributed by atoms with E-state index in [2.05, 4.69) is 30.9 Å². The summed E-state index contributed by atoms with van der Waals surface area (Å²) in [5.74, 6) is -1.13. The van der Waals surface area contributed by atoms with E-state index < -0.39 is 23.4 Å². The largest absolute Gasteiger partial charge is 0.348 e. The maximum Gasteiger partial charge on any atom is 0.322 e. The smallest absolute Gasteiger partial charge is 0.322 e. The lowest BCUT2D eigenvalue weighted by Gasteiger charge is -2.25. The molecule has 5 N–H and O–H groups in total. The van der Waals surface area contributed by atoms with Gasteiger partial charge in [-0.3, -0.25) is 25.7 Å². The number of nitrogens with zero attached hydrogens (tertiary/aromatic N) is 2. The van der Waals surface area contributed by atoms with Gasteiger partial charge in [-0.05, 0) is 30.3 Å². The third-order valence-corrected chi connectivity index (χ3v) is 4.42. The van der Waals surface area contributed by atoms with E-state index in [1.807, 2.05) is 0 Å². The van der Waals surface area contributed by atoms with Gasteiger partial charge in [0.1, 0.15) is 11.3 Å². The number of carbonyl (C=O) groups excluding carboxylic acids is 3. The molecule has 2 fully saturated rings. The van der Waals surface area contributed by atoms with Gasteiger partial charge in [0, 0.05) is 5.38 Å². The van der Waals surface area contributed by atoms with E-state index in [1.54, 1.807) is 11.6 Å². The van der Waals surface area contributed by atoms with Crippen molar-refractivity contribution in [1.29, 1.82) is 5.41 Å². The van der Waals surface area contributed by atoms with E-state index in [1.165, 1.54) is 11.5 Å². The topological polar surface area (TPSA) is 148 Å². The van der Waals surface area contributed by atoms with Crippen molar-refractivity contribution in [3.8, 4) is 0 Å². The Labute approximate surface area is 140 Å². The summed E-state index contributed by atoms with van der Waals surface area (Å²) in [6.45, 7) is -0.0633. The highest BCUT2D eigenvalue weighted by molar-refractivity contribution is 7.04. The summed E-state index contributed by atoms with van der Waals surface area (Å²) in [5.41, 5.74) is 1.79. The van der Waals surface area contributed by atoms with Crippen LogP contribution >= 0.6 is 11.5 Å². The van der Waals surface area contributed by atoms with E-state index in [9.17, 15) is 14.4 Å². The Morgan fingerprint density at radius 1 is 1.54 bits per heavy atom. The van der Waals surface area contributed by atoms with E-state index >= 15 is 0 Å². The van der Waals surface area contributed by atoms with Gasteiger partial charge in [0.2, 0.25) is 0 Å². The van der Waals surface area contributed by atoms with Crippen molar-refractivity contribution in [1.82, 2.24) is 20.3 Å². The van der Waals surface area contributed by atoms with E-state index in [4.69, 9.17) is 5.41 Å². The molecule has 2 aliphatic rings. The van der Waals surface area contributed by atoms with Crippen LogP contribution in [0, 0.1) is 11.3 Å². The van der Waals surface area contributed by atoms with Crippen molar-refractivity contribution in [2.24, 2.45) is 11.0 Å². The molecule has 10 nitrogen and oxygen atoms in total. The van der Waals surface area contributed by atoms with Crippen molar-refractivity contribution in [2.45, 2.75) is 18.4 Å². The van der Waals surface area contributed by atoms with Crippen molar-refractivity contribution in [3.05, 3.63) is 11.6 Å². The van der Waals surface area contributed by atoms with Crippen LogP contribution in [0.25, 0.3) is 0 Å². The van der Waals surface area contributed by atoms with Crippen molar-refractivity contribution < 1.29 is 14.4 Å². The molecule has 0 bridgehead atoms. The maximum atomic E-state index is 12.0. The molecule has 1 aromatic rings. The molecule has 4 amide bonds. The van der Waals surface area contributed by atoms with E-state index in [0.717, 1.165) is 19.1 Å². The molecular formula is C13H15N7O3S. The van der Waals surface area contributed by atoms with Gasteiger partial charge < -0.3 is 10.6 Å². The number of nitrogens with one attached hydrogen (secondary N) is 5. The molecule has 126 valence electrons. The Morgan fingerprint density at radius 2 is 2.33 bits per heavy atom. The van der Waals surface area contributed by atoms with Gasteiger partial charge in [-0.2, -0.15) is 9.47 Å². The van der Waals surface area contributed by atoms with Gasteiger partial charge in [-0.25, -0.2) is 4.79 Å². The first-order chi connectivity index (χ1) is 11.5. The van der Waals surface area contributed by atoms with Gasteiger partial charge in [0.25, 0.3) is 11.8 Å². The Hall–Kier alpha value is -2.82. The Kier molecular flexibility index (Phi) is 4.25. The number of aromatic nitrogens is 1. The highest BCUT2D eigenvalue weighted by Gasteiger charge is 2.56. The zero-order valence-corrected chi connectivity index (χ0v) is 13.3. The van der Waals surface area contributed by atoms with Crippen molar-refractivity contribution in [3.63, 3.8) is 0 Å². The summed E-state index contributed by atoms with van der Waals surface area (Å²) in [5, 5.41) is 20.5. The summed E-state index contributed by atoms with van der Waals surface area (Å²) in [7, 11) is 0. The predicted octanol–water partition coefficient (Wildman–Crippen LogP) is -0.335. The van der Waals surface area contributed by atoms with Crippen LogP contribution < -0.4 is 21.4 Å². The van der Waals surface area contributed by atoms with E-state index in [-0.39, 0.29) is 18.2 Å². The summed E-state index contributed by atoms with van der Waals surface area (Å²) in [6.07, 6.45) is 4.23. The van der Waals surface area contributed by atoms with Crippen molar-refractivity contribution >= 4 is 47.0 Å². The van der Waals surface area contributed by atoms with Crippen LogP contribution in [-0.4, -0.2) is 46.2 Å². The lowest BCUT2D eigenvalue weighted by atomic mass is 9.93. The summed E-state index contributed by atoms with van der Waals surface area (Å²) < 4.78 is 3.87. The van der Waals surface area contributed by atoms with Gasteiger partial charge in [0.05, 0.1) is 24.6 Å². The average molecular weight is 349 g/mol. The zero-order valence-electron chi connectivity index (χ0n) is 12.5. The highest BCUT2D eigenvalue weighted by Crippen LogP contribution is 2.40. The summed E-state index contributed by atoms with van der Waals surface area (Å²) >= 11 is 1.24. The van der Waals surface area contributed by atoms with Crippen LogP contribution in [0.2, 0.25) is 0 Å². The number of amides is 4. The molecule has 11 heteroatoms. The first-order valence-electron chi connectivity index (χ1n) is 7.20. The first kappa shape index (κ1) is 16.1. The molecule has 1 saturated carbocycles. The normalized spacial score (nSPS) is 23.0. The number of urea groups is 1. The van der Waals surface area contributed by atoms with Crippen molar-refractivity contribution in [2.75, 3.05) is 12.0 Å². The van der Waals surface area contributed by atoms with Gasteiger partial charge >= 0.3 is 6.03 Å². The molecule has 1 saturated heterocycles. The Bertz CT molecular complexity index is 713. The molecule has 1 aliphatic carbocycles. The molecule has 1 atom stereocenters. The predicted molar refractivity (Wildman–Crippen MR) is 87.1 cm³/mol. The number of anilines is 1. The Balaban J connectivity index is 1.54. The average Bonchev–Trinajstić information content (AvgIpc) is 3.20. The SMILES string of the molecule is N=C(/C=N\Nc1cnsc1)C(=O)NC[C@@]1(C2CC2)NC(=O)NC1=O. The fraction of sp³-hybridized carbons (Fsp3) is 0.385. The fourth-order valence-electron chi connectivity index (χ4n) is 2.44. The zero-order chi connectivity index (χ0) is 17.2. The molecule has 3 rings (SSSR count). The molecule has 0 unspecified atom stereocenters. The minimum absolute atomic E-state index is 0.000131. The number of hydrazone groups is 1. The second kappa shape index (κ2) is 6.35. The Morgan fingerprint density at radius 3 is 2.92 bits per heavy atom. The van der Waals surface area contributed by atoms with Gasteiger partial charge in [0.15, 0.2) is 0 Å². The van der Waals surface area contributed by atoms with Gasteiger partial charge in [-0.1, -0.05) is 0 Å². The number of rotatable bonds is 7. The molecule has 1 aliphatic heterocycles. The van der Waals surface area contributed by atoms with Crippen LogP contribution in [0.1, 0.15) is 12.8 Å². The molecule has 0 spiro atoms. The lowest BCUT2D eigenvalue weighted by Crippen LogP contribution is -2.57. The second-order valence-corrected chi connectivity index (χ2v) is 6.19. The summed E-state index contributed by atoms with van der Waals surface area (Å²) in [4.78, 5) is 35.4. The highest BCUT2D eigenvalue weighted by atomic mass is 32.1. The van der Waals surface area contributed by atoms with E-state index in [0.29, 0.717) is 5.69 Å². The quantitative estimate of drug-likeness (QED) is 0.259. The fourth-order valence-corrected chi connectivity index (χ4v) is 2.91. The first-order valence-corrected chi connectivity index (χ1v) is 8.04. The molecular weight excluding hydrogens is 334 g/mol.